The van der Waals surface area contributed by atoms with E-state index in [0.29, 0.717) is 61.9 Å². The monoisotopic (exact) mass is 663 g/mol. The van der Waals surface area contributed by atoms with Gasteiger partial charge in [-0.3, -0.25) is 9.59 Å². The van der Waals surface area contributed by atoms with E-state index in [-0.39, 0.29) is 30.4 Å². The number of esters is 2. The summed E-state index contributed by atoms with van der Waals surface area (Å²) in [6.07, 6.45) is 7.98. The molecule has 0 bridgehead atoms. The standard InChI is InChI=1S/C35H50NO9.ClH/c1-8-44-33(37)14-11-9-10-12-15-34(38)45-19-13-17-36(2)18-16-26-23-29(39-3)30(40-4)24-27(26)28(36)20-25-21-31(41-5)35(43-7)32(22-25)42-6;/h9-10,21-24,28H,8,11-20H2,1-7H3;1H/q+1;/p-1/b10-9+;/t28-,36-;/m1./s1. The first kappa shape index (κ1) is 38.6. The predicted molar refractivity (Wildman–Crippen MR) is 172 cm³/mol. The molecular formula is C35H50ClNO9. The molecule has 0 N–H and O–H groups in total. The van der Waals surface area contributed by atoms with Gasteiger partial charge in [-0.2, -0.15) is 0 Å². The fourth-order valence-corrected chi connectivity index (χ4v) is 5.96. The van der Waals surface area contributed by atoms with Gasteiger partial charge in [0.15, 0.2) is 23.0 Å². The maximum absolute atomic E-state index is 12.4. The third kappa shape index (κ3) is 10.2. The summed E-state index contributed by atoms with van der Waals surface area (Å²) in [5.74, 6) is 2.78. The van der Waals surface area contributed by atoms with Crippen LogP contribution in [0.15, 0.2) is 36.4 Å². The molecule has 10 nitrogen and oxygen atoms in total. The molecule has 2 aromatic rings. The van der Waals surface area contributed by atoms with E-state index < -0.39 is 0 Å². The number of methoxy groups -OCH3 is 5. The second kappa shape index (κ2) is 19.1. The van der Waals surface area contributed by atoms with Gasteiger partial charge >= 0.3 is 11.9 Å². The molecule has 0 fully saturated rings. The summed E-state index contributed by atoms with van der Waals surface area (Å²) in [4.78, 5) is 23.8. The quantitative estimate of drug-likeness (QED) is 0.103. The molecule has 0 saturated heterocycles. The predicted octanol–water partition coefficient (Wildman–Crippen LogP) is 2.63. The van der Waals surface area contributed by atoms with Crippen molar-refractivity contribution in [2.45, 2.75) is 57.9 Å². The number of hydrogen-bond donors (Lipinski definition) is 0. The van der Waals surface area contributed by atoms with Crippen molar-refractivity contribution in [3.05, 3.63) is 53.1 Å². The minimum absolute atomic E-state index is 0. The van der Waals surface area contributed by atoms with Gasteiger partial charge in [0.1, 0.15) is 6.04 Å². The normalized spacial score (nSPS) is 17.0. The van der Waals surface area contributed by atoms with Crippen molar-refractivity contribution < 1.29 is 59.6 Å². The Balaban J connectivity index is 0.00000736. The molecule has 256 valence electrons. The van der Waals surface area contributed by atoms with Crippen molar-refractivity contribution in [2.75, 3.05) is 68.9 Å². The number of carbonyl (C=O) groups excluding carboxylic acids is 2. The van der Waals surface area contributed by atoms with E-state index in [1.54, 1.807) is 42.5 Å². The molecule has 1 heterocycles. The Labute approximate surface area is 279 Å². The van der Waals surface area contributed by atoms with Gasteiger partial charge in [0.05, 0.1) is 68.9 Å². The molecular weight excluding hydrogens is 614 g/mol. The number of quaternary nitrogens is 1. The van der Waals surface area contributed by atoms with Gasteiger partial charge < -0.3 is 50.0 Å². The van der Waals surface area contributed by atoms with Crippen LogP contribution in [0.3, 0.4) is 0 Å². The topological polar surface area (TPSA) is 98.8 Å². The summed E-state index contributed by atoms with van der Waals surface area (Å²) >= 11 is 0. The number of nitrogens with zero attached hydrogens (tertiary/aromatic N) is 1. The van der Waals surface area contributed by atoms with Crippen LogP contribution >= 0.6 is 0 Å². The fraction of sp³-hybridized carbons (Fsp3) is 0.543. The Morgan fingerprint density at radius 3 is 1.91 bits per heavy atom. The molecule has 46 heavy (non-hydrogen) atoms. The molecule has 0 unspecified atom stereocenters. The minimum atomic E-state index is -0.220. The Kier molecular flexibility index (Phi) is 16.0. The minimum Gasteiger partial charge on any atom is -1.00 e. The lowest BCUT2D eigenvalue weighted by atomic mass is 9.86. The van der Waals surface area contributed by atoms with Gasteiger partial charge in [0, 0.05) is 37.7 Å². The third-order valence-electron chi connectivity index (χ3n) is 8.38. The number of rotatable bonds is 18. The smallest absolute Gasteiger partial charge is 0.306 e. The SMILES string of the molecule is CCOC(=O)CC/C=C/CCC(=O)OCCC[N@+]1(C)CCc2cc(OC)c(OC)cc2[C@H]1Cc1cc(OC)c(OC)c(OC)c1.[Cl-]. The van der Waals surface area contributed by atoms with Crippen LogP contribution in [0.1, 0.15) is 61.8 Å². The number of halogens is 1. The zero-order chi connectivity index (χ0) is 32.8. The lowest BCUT2D eigenvalue weighted by Gasteiger charge is -2.46. The average Bonchev–Trinajstić information content (AvgIpc) is 3.05. The highest BCUT2D eigenvalue weighted by Gasteiger charge is 2.40. The maximum atomic E-state index is 12.4. The van der Waals surface area contributed by atoms with Crippen LogP contribution in [0, 0.1) is 0 Å². The molecule has 3 rings (SSSR count). The molecule has 0 aromatic heterocycles. The summed E-state index contributed by atoms with van der Waals surface area (Å²) < 4.78 is 39.4. The number of fused-ring (bicyclic) bond motifs is 1. The van der Waals surface area contributed by atoms with Crippen molar-refractivity contribution in [3.63, 3.8) is 0 Å². The van der Waals surface area contributed by atoms with E-state index in [9.17, 15) is 9.59 Å². The van der Waals surface area contributed by atoms with E-state index in [4.69, 9.17) is 33.2 Å². The number of likely N-dealkylation sites (N-methyl/N-ethyl adjacent to an activating group) is 1. The molecule has 11 heteroatoms. The molecule has 0 amide bonds. The zero-order valence-electron chi connectivity index (χ0n) is 28.3. The van der Waals surface area contributed by atoms with Crippen molar-refractivity contribution in [1.29, 1.82) is 0 Å². The van der Waals surface area contributed by atoms with Crippen molar-refractivity contribution in [3.8, 4) is 28.7 Å². The van der Waals surface area contributed by atoms with Gasteiger partial charge in [0.25, 0.3) is 0 Å². The molecule has 0 spiro atoms. The van der Waals surface area contributed by atoms with E-state index >= 15 is 0 Å². The average molecular weight is 664 g/mol. The molecule has 0 aliphatic carbocycles. The second-order valence-electron chi connectivity index (χ2n) is 11.3. The van der Waals surface area contributed by atoms with Gasteiger partial charge in [0.2, 0.25) is 5.75 Å². The highest BCUT2D eigenvalue weighted by molar-refractivity contribution is 5.70. The summed E-state index contributed by atoms with van der Waals surface area (Å²) in [5.41, 5.74) is 3.51. The Hall–Kier alpha value is -3.63. The Morgan fingerprint density at radius 1 is 0.804 bits per heavy atom. The van der Waals surface area contributed by atoms with E-state index in [1.807, 2.05) is 24.3 Å². The van der Waals surface area contributed by atoms with Crippen LogP contribution in [-0.2, 0) is 31.9 Å². The summed E-state index contributed by atoms with van der Waals surface area (Å²) in [5, 5.41) is 0. The van der Waals surface area contributed by atoms with E-state index in [0.717, 1.165) is 48.1 Å². The van der Waals surface area contributed by atoms with Gasteiger partial charge in [-0.25, -0.2) is 0 Å². The summed E-state index contributed by atoms with van der Waals surface area (Å²) in [7, 11) is 10.4. The highest BCUT2D eigenvalue weighted by atomic mass is 35.5. The molecule has 1 aliphatic heterocycles. The second-order valence-corrected chi connectivity index (χ2v) is 11.3. The highest BCUT2D eigenvalue weighted by Crippen LogP contribution is 2.44. The van der Waals surface area contributed by atoms with Crippen LogP contribution in [0.2, 0.25) is 0 Å². The van der Waals surface area contributed by atoms with Crippen LogP contribution in [0.25, 0.3) is 0 Å². The first-order chi connectivity index (χ1) is 21.7. The molecule has 2 atom stereocenters. The molecule has 1 aliphatic rings. The molecule has 0 radical (unpaired) electrons. The maximum Gasteiger partial charge on any atom is 0.306 e. The largest absolute Gasteiger partial charge is 1.00 e. The Bertz CT molecular complexity index is 1290. The van der Waals surface area contributed by atoms with Crippen LogP contribution in [0.5, 0.6) is 28.7 Å². The number of allylic oxidation sites excluding steroid dienone is 2. The van der Waals surface area contributed by atoms with Crippen molar-refractivity contribution in [2.24, 2.45) is 0 Å². The number of hydrogen-bond acceptors (Lipinski definition) is 9. The first-order valence-electron chi connectivity index (χ1n) is 15.6. The van der Waals surface area contributed by atoms with E-state index in [2.05, 4.69) is 19.2 Å². The number of carbonyl (C=O) groups is 2. The van der Waals surface area contributed by atoms with Crippen LogP contribution < -0.4 is 36.1 Å². The lowest BCUT2D eigenvalue weighted by Crippen LogP contribution is -3.00. The zero-order valence-corrected chi connectivity index (χ0v) is 29.1. The van der Waals surface area contributed by atoms with Gasteiger partial charge in [-0.05, 0) is 55.2 Å². The fourth-order valence-electron chi connectivity index (χ4n) is 5.96. The van der Waals surface area contributed by atoms with Crippen molar-refractivity contribution in [1.82, 2.24) is 0 Å². The van der Waals surface area contributed by atoms with Gasteiger partial charge in [-0.15, -0.1) is 0 Å². The van der Waals surface area contributed by atoms with Crippen LogP contribution in [-0.4, -0.2) is 85.3 Å². The van der Waals surface area contributed by atoms with Crippen LogP contribution in [0.4, 0.5) is 0 Å². The number of ether oxygens (including phenoxy) is 7. The molecule has 0 saturated carbocycles. The van der Waals surface area contributed by atoms with Crippen molar-refractivity contribution >= 4 is 11.9 Å². The number of benzene rings is 2. The summed E-state index contributed by atoms with van der Waals surface area (Å²) in [6.45, 7) is 4.27. The van der Waals surface area contributed by atoms with Gasteiger partial charge in [-0.1, -0.05) is 12.2 Å². The summed E-state index contributed by atoms with van der Waals surface area (Å²) in [6, 6.07) is 8.30. The first-order valence-corrected chi connectivity index (χ1v) is 15.6. The third-order valence-corrected chi connectivity index (χ3v) is 8.38. The lowest BCUT2D eigenvalue weighted by molar-refractivity contribution is -0.941. The Morgan fingerprint density at radius 2 is 1.37 bits per heavy atom. The van der Waals surface area contributed by atoms with E-state index in [1.165, 1.54) is 11.1 Å². The molecule has 2 aromatic carbocycles.